The van der Waals surface area contributed by atoms with Crippen molar-refractivity contribution in [3.05, 3.63) is 34.0 Å². The number of aromatic amines is 1. The molecule has 0 fully saturated rings. The van der Waals surface area contributed by atoms with E-state index < -0.39 is 0 Å². The summed E-state index contributed by atoms with van der Waals surface area (Å²) in [4.78, 5) is 0. The zero-order valence-corrected chi connectivity index (χ0v) is 11.1. The Labute approximate surface area is 103 Å². The topological polar surface area (TPSA) is 53.9 Å². The number of nitrogens with one attached hydrogen (secondary N) is 2. The van der Waals surface area contributed by atoms with Crippen molar-refractivity contribution in [3.63, 3.8) is 0 Å². The fraction of sp³-hybridized carbons (Fsp3) is 0.364. The van der Waals surface area contributed by atoms with Crippen LogP contribution in [0, 0.1) is 13.8 Å². The Morgan fingerprint density at radius 2 is 2.19 bits per heavy atom. The minimum absolute atomic E-state index is 0.112. The number of nitrogens with zero attached hydrogens (tertiary/aromatic N) is 1. The van der Waals surface area contributed by atoms with E-state index in [1.54, 1.807) is 0 Å². The van der Waals surface area contributed by atoms with E-state index in [-0.39, 0.29) is 6.04 Å². The molecular weight excluding hydrogens is 270 g/mol. The molecule has 5 heteroatoms. The lowest BCUT2D eigenvalue weighted by molar-refractivity contribution is 0.471. The summed E-state index contributed by atoms with van der Waals surface area (Å²) in [5, 5.41) is 10.5. The fourth-order valence-electron chi connectivity index (χ4n) is 1.61. The maximum absolute atomic E-state index is 5.50. The molecule has 2 aromatic rings. The first-order valence-corrected chi connectivity index (χ1v) is 5.90. The molecule has 0 spiro atoms. The van der Waals surface area contributed by atoms with Gasteiger partial charge in [0.1, 0.15) is 5.76 Å². The normalized spacial score (nSPS) is 12.8. The maximum atomic E-state index is 5.50. The van der Waals surface area contributed by atoms with E-state index in [0.29, 0.717) is 0 Å². The third-order valence-electron chi connectivity index (χ3n) is 2.51. The average Bonchev–Trinajstić information content (AvgIpc) is 2.79. The monoisotopic (exact) mass is 283 g/mol. The van der Waals surface area contributed by atoms with Crippen molar-refractivity contribution in [2.24, 2.45) is 0 Å². The summed E-state index contributed by atoms with van der Waals surface area (Å²) in [7, 11) is 0. The first-order valence-electron chi connectivity index (χ1n) is 5.11. The van der Waals surface area contributed by atoms with Crippen LogP contribution in [0.1, 0.15) is 30.1 Å². The number of hydrogen-bond acceptors (Lipinski definition) is 3. The van der Waals surface area contributed by atoms with E-state index in [0.717, 1.165) is 27.5 Å². The summed E-state index contributed by atoms with van der Waals surface area (Å²) in [5.41, 5.74) is 3.05. The number of aromatic nitrogens is 2. The third kappa shape index (κ3) is 2.14. The van der Waals surface area contributed by atoms with E-state index in [2.05, 4.69) is 38.4 Å². The lowest BCUT2D eigenvalue weighted by atomic mass is 10.2. The molecule has 0 aromatic carbocycles. The SMILES string of the molecule is Cc1n[nH]c(C)c1NC(C)c1ccc(Br)o1. The van der Waals surface area contributed by atoms with Crippen LogP contribution in [0.4, 0.5) is 5.69 Å². The van der Waals surface area contributed by atoms with E-state index in [9.17, 15) is 0 Å². The van der Waals surface area contributed by atoms with Crippen LogP contribution >= 0.6 is 15.9 Å². The highest BCUT2D eigenvalue weighted by Gasteiger charge is 2.13. The molecule has 0 aliphatic carbocycles. The van der Waals surface area contributed by atoms with E-state index in [4.69, 9.17) is 4.42 Å². The molecule has 0 aliphatic rings. The van der Waals surface area contributed by atoms with Crippen LogP contribution in [0.15, 0.2) is 21.2 Å². The Hall–Kier alpha value is -1.23. The molecular formula is C11H14BrN3O. The molecule has 2 heterocycles. The Bertz CT molecular complexity index is 470. The molecule has 16 heavy (non-hydrogen) atoms. The molecule has 2 rings (SSSR count). The summed E-state index contributed by atoms with van der Waals surface area (Å²) in [6, 6.07) is 3.95. The molecule has 0 aliphatic heterocycles. The molecule has 1 unspecified atom stereocenters. The first kappa shape index (κ1) is 11.3. The smallest absolute Gasteiger partial charge is 0.169 e. The molecule has 0 saturated heterocycles. The van der Waals surface area contributed by atoms with Crippen molar-refractivity contribution in [2.75, 3.05) is 5.32 Å². The second-order valence-electron chi connectivity index (χ2n) is 3.82. The van der Waals surface area contributed by atoms with Gasteiger partial charge in [-0.1, -0.05) is 0 Å². The quantitative estimate of drug-likeness (QED) is 0.906. The zero-order chi connectivity index (χ0) is 11.7. The maximum Gasteiger partial charge on any atom is 0.169 e. The van der Waals surface area contributed by atoms with E-state index >= 15 is 0 Å². The summed E-state index contributed by atoms with van der Waals surface area (Å²) in [6.07, 6.45) is 0. The highest BCUT2D eigenvalue weighted by molar-refractivity contribution is 9.10. The minimum atomic E-state index is 0.112. The Balaban J connectivity index is 2.16. The van der Waals surface area contributed by atoms with Crippen molar-refractivity contribution in [1.29, 1.82) is 0 Å². The molecule has 0 bridgehead atoms. The Morgan fingerprint density at radius 1 is 1.44 bits per heavy atom. The van der Waals surface area contributed by atoms with Crippen LogP contribution in [-0.2, 0) is 0 Å². The summed E-state index contributed by atoms with van der Waals surface area (Å²) in [5.74, 6) is 0.895. The predicted molar refractivity (Wildman–Crippen MR) is 66.5 cm³/mol. The number of aryl methyl sites for hydroxylation is 2. The fourth-order valence-corrected chi connectivity index (χ4v) is 1.93. The van der Waals surface area contributed by atoms with Gasteiger partial charge in [0.05, 0.1) is 23.1 Å². The lowest BCUT2D eigenvalue weighted by Gasteiger charge is -2.12. The molecule has 86 valence electrons. The standard InChI is InChI=1S/C11H14BrN3O/c1-6(9-4-5-10(12)16-9)13-11-7(2)14-15-8(11)3/h4-6,13H,1-3H3,(H,14,15). The summed E-state index contributed by atoms with van der Waals surface area (Å²) >= 11 is 3.29. The van der Waals surface area contributed by atoms with Gasteiger partial charge in [0, 0.05) is 0 Å². The highest BCUT2D eigenvalue weighted by atomic mass is 79.9. The van der Waals surface area contributed by atoms with Gasteiger partial charge in [-0.15, -0.1) is 0 Å². The van der Waals surface area contributed by atoms with Crippen molar-refractivity contribution in [3.8, 4) is 0 Å². The number of furan rings is 1. The minimum Gasteiger partial charge on any atom is -0.452 e. The average molecular weight is 284 g/mol. The molecule has 4 nitrogen and oxygen atoms in total. The number of rotatable bonds is 3. The van der Waals surface area contributed by atoms with Crippen LogP contribution in [0.25, 0.3) is 0 Å². The van der Waals surface area contributed by atoms with Crippen LogP contribution in [0.2, 0.25) is 0 Å². The number of H-pyrrole nitrogens is 1. The largest absolute Gasteiger partial charge is 0.452 e. The second kappa shape index (κ2) is 4.33. The Kier molecular flexibility index (Phi) is 3.05. The van der Waals surface area contributed by atoms with Gasteiger partial charge in [-0.05, 0) is 48.8 Å². The van der Waals surface area contributed by atoms with Crippen LogP contribution in [-0.4, -0.2) is 10.2 Å². The summed E-state index contributed by atoms with van der Waals surface area (Å²) < 4.78 is 6.24. The molecule has 1 atom stereocenters. The lowest BCUT2D eigenvalue weighted by Crippen LogP contribution is -2.06. The van der Waals surface area contributed by atoms with Crippen molar-refractivity contribution in [1.82, 2.24) is 10.2 Å². The first-order chi connectivity index (χ1) is 7.58. The van der Waals surface area contributed by atoms with Gasteiger partial charge in [0.25, 0.3) is 0 Å². The van der Waals surface area contributed by atoms with Crippen LogP contribution in [0.3, 0.4) is 0 Å². The zero-order valence-electron chi connectivity index (χ0n) is 9.47. The van der Waals surface area contributed by atoms with E-state index in [1.807, 2.05) is 26.0 Å². The second-order valence-corrected chi connectivity index (χ2v) is 4.60. The number of anilines is 1. The summed E-state index contributed by atoms with van der Waals surface area (Å²) in [6.45, 7) is 6.01. The molecule has 0 radical (unpaired) electrons. The molecule has 2 N–H and O–H groups in total. The molecule has 2 aromatic heterocycles. The van der Waals surface area contributed by atoms with Gasteiger partial charge in [-0.2, -0.15) is 5.10 Å². The van der Waals surface area contributed by atoms with Crippen molar-refractivity contribution < 1.29 is 4.42 Å². The Morgan fingerprint density at radius 3 is 2.69 bits per heavy atom. The molecule has 0 amide bonds. The third-order valence-corrected chi connectivity index (χ3v) is 2.94. The van der Waals surface area contributed by atoms with Crippen molar-refractivity contribution >= 4 is 21.6 Å². The van der Waals surface area contributed by atoms with Gasteiger partial charge in [-0.3, -0.25) is 5.10 Å². The predicted octanol–water partition coefficient (Wildman–Crippen LogP) is 3.56. The van der Waals surface area contributed by atoms with Gasteiger partial charge in [0.2, 0.25) is 0 Å². The van der Waals surface area contributed by atoms with Crippen LogP contribution < -0.4 is 5.32 Å². The van der Waals surface area contributed by atoms with E-state index in [1.165, 1.54) is 0 Å². The van der Waals surface area contributed by atoms with Crippen molar-refractivity contribution in [2.45, 2.75) is 26.8 Å². The van der Waals surface area contributed by atoms with Gasteiger partial charge >= 0.3 is 0 Å². The molecule has 0 saturated carbocycles. The number of hydrogen-bond donors (Lipinski definition) is 2. The van der Waals surface area contributed by atoms with Gasteiger partial charge in [0.15, 0.2) is 4.67 Å². The van der Waals surface area contributed by atoms with Crippen LogP contribution in [0.5, 0.6) is 0 Å². The van der Waals surface area contributed by atoms with Gasteiger partial charge < -0.3 is 9.73 Å². The number of halogens is 1. The van der Waals surface area contributed by atoms with Gasteiger partial charge in [-0.25, -0.2) is 0 Å². The highest BCUT2D eigenvalue weighted by Crippen LogP contribution is 2.26.